The van der Waals surface area contributed by atoms with Crippen LogP contribution < -0.4 is 5.32 Å². The number of benzene rings is 1. The van der Waals surface area contributed by atoms with Crippen molar-refractivity contribution in [3.8, 4) is 0 Å². The van der Waals surface area contributed by atoms with E-state index in [0.29, 0.717) is 41.8 Å². The monoisotopic (exact) mass is 588 g/mol. The third-order valence-electron chi connectivity index (χ3n) is 8.00. The van der Waals surface area contributed by atoms with E-state index in [2.05, 4.69) is 37.9 Å². The first-order valence-corrected chi connectivity index (χ1v) is 16.9. The van der Waals surface area contributed by atoms with Gasteiger partial charge in [0.15, 0.2) is 0 Å². The third kappa shape index (κ3) is 6.45. The van der Waals surface area contributed by atoms with Crippen LogP contribution in [0.3, 0.4) is 0 Å². The number of amides is 2. The van der Waals surface area contributed by atoms with E-state index < -0.39 is 10.0 Å². The molecule has 2 aromatic rings. The van der Waals surface area contributed by atoms with Crippen molar-refractivity contribution in [3.63, 3.8) is 0 Å². The molecule has 220 valence electrons. The Hall–Kier alpha value is -2.27. The van der Waals surface area contributed by atoms with Gasteiger partial charge >= 0.3 is 0 Å². The van der Waals surface area contributed by atoms with Gasteiger partial charge in [-0.25, -0.2) is 8.42 Å². The van der Waals surface area contributed by atoms with Crippen LogP contribution in [0.2, 0.25) is 0 Å². The largest absolute Gasteiger partial charge is 0.339 e. The molecule has 1 aromatic heterocycles. The molecule has 4 rings (SSSR count). The first-order chi connectivity index (χ1) is 19.1. The lowest BCUT2D eigenvalue weighted by Gasteiger charge is -2.32. The smallest absolute Gasteiger partial charge is 0.257 e. The van der Waals surface area contributed by atoms with E-state index in [-0.39, 0.29) is 22.8 Å². The van der Waals surface area contributed by atoms with Gasteiger partial charge in [-0.15, -0.1) is 11.3 Å². The number of anilines is 1. The van der Waals surface area contributed by atoms with Crippen LogP contribution in [-0.4, -0.2) is 72.6 Å². The molecule has 1 unspecified atom stereocenters. The Balaban J connectivity index is 1.61. The molecule has 0 radical (unpaired) electrons. The topological polar surface area (TPSA) is 90.0 Å². The number of sulfonamides is 1. The fourth-order valence-electron chi connectivity index (χ4n) is 5.71. The third-order valence-corrected chi connectivity index (χ3v) is 11.2. The molecule has 10 heteroatoms. The lowest BCUT2D eigenvalue weighted by atomic mass is 10.0. The maximum absolute atomic E-state index is 13.8. The Morgan fingerprint density at radius 3 is 2.35 bits per heavy atom. The van der Waals surface area contributed by atoms with E-state index in [1.807, 2.05) is 11.8 Å². The average Bonchev–Trinajstić information content (AvgIpc) is 3.29. The predicted octanol–water partition coefficient (Wildman–Crippen LogP) is 5.59. The van der Waals surface area contributed by atoms with Gasteiger partial charge in [-0.2, -0.15) is 4.31 Å². The number of hydrogen-bond acceptors (Lipinski definition) is 6. The Kier molecular flexibility index (Phi) is 10.1. The summed E-state index contributed by atoms with van der Waals surface area (Å²) in [5.74, 6) is -0.368. The second-order valence-electron chi connectivity index (χ2n) is 11.3. The molecule has 1 aromatic carbocycles. The number of carbonyl (C=O) groups excluding carboxylic acids is 2. The van der Waals surface area contributed by atoms with E-state index in [9.17, 15) is 18.0 Å². The molecule has 2 aliphatic heterocycles. The van der Waals surface area contributed by atoms with E-state index in [4.69, 9.17) is 0 Å². The van der Waals surface area contributed by atoms with E-state index in [1.165, 1.54) is 23.5 Å². The van der Waals surface area contributed by atoms with E-state index in [1.54, 1.807) is 16.4 Å². The molecule has 0 saturated carbocycles. The highest BCUT2D eigenvalue weighted by Crippen LogP contribution is 2.39. The highest BCUT2D eigenvalue weighted by molar-refractivity contribution is 7.89. The number of rotatable bonds is 10. The van der Waals surface area contributed by atoms with Gasteiger partial charge in [0.25, 0.3) is 11.8 Å². The first kappa shape index (κ1) is 30.7. The number of thiophene rings is 1. The Bertz CT molecular complexity index is 1300. The normalized spacial score (nSPS) is 18.5. The number of hydrogen-bond donors (Lipinski definition) is 1. The molecule has 0 bridgehead atoms. The molecule has 1 N–H and O–H groups in total. The van der Waals surface area contributed by atoms with Crippen molar-refractivity contribution in [2.45, 2.75) is 96.7 Å². The first-order valence-electron chi connectivity index (χ1n) is 14.7. The van der Waals surface area contributed by atoms with Gasteiger partial charge in [0.1, 0.15) is 5.00 Å². The van der Waals surface area contributed by atoms with E-state index in [0.717, 1.165) is 62.1 Å². The van der Waals surface area contributed by atoms with Crippen molar-refractivity contribution in [2.24, 2.45) is 0 Å². The van der Waals surface area contributed by atoms with Crippen molar-refractivity contribution < 1.29 is 18.0 Å². The summed E-state index contributed by atoms with van der Waals surface area (Å²) in [5.41, 5.74) is 2.03. The van der Waals surface area contributed by atoms with Crippen LogP contribution >= 0.6 is 11.3 Å². The Morgan fingerprint density at radius 2 is 1.75 bits per heavy atom. The van der Waals surface area contributed by atoms with Crippen LogP contribution in [-0.2, 0) is 23.0 Å². The molecule has 3 heterocycles. The summed E-state index contributed by atoms with van der Waals surface area (Å²) in [6.45, 7) is 13.9. The Morgan fingerprint density at radius 1 is 1.07 bits per heavy atom. The summed E-state index contributed by atoms with van der Waals surface area (Å²) in [7, 11) is -3.62. The predicted molar refractivity (Wildman–Crippen MR) is 162 cm³/mol. The molecule has 2 aliphatic rings. The van der Waals surface area contributed by atoms with Crippen LogP contribution in [0.5, 0.6) is 0 Å². The van der Waals surface area contributed by atoms with Gasteiger partial charge < -0.3 is 10.2 Å². The molecule has 40 heavy (non-hydrogen) atoms. The van der Waals surface area contributed by atoms with E-state index >= 15 is 0 Å². The maximum Gasteiger partial charge on any atom is 0.257 e. The standard InChI is InChI=1S/C30H44N4O4S2/c1-6-16-32(17-7-2)30(36)27-25-15-19-33(21(3)4)20-26(25)39-29(27)31-28(35)23-11-13-24(14-12-23)40(37,38)34-18-9-8-10-22(34)5/h11-14,21-22H,6-10,15-20H2,1-5H3,(H,31,35). The fourth-order valence-corrected chi connectivity index (χ4v) is 8.67. The van der Waals surface area contributed by atoms with Crippen LogP contribution in [0.1, 0.15) is 97.9 Å². The van der Waals surface area contributed by atoms with Gasteiger partial charge in [0.05, 0.1) is 10.5 Å². The van der Waals surface area contributed by atoms with Gasteiger partial charge in [-0.3, -0.25) is 14.5 Å². The second kappa shape index (κ2) is 13.1. The number of piperidine rings is 1. The van der Waals surface area contributed by atoms with Crippen LogP contribution in [0.15, 0.2) is 29.2 Å². The second-order valence-corrected chi connectivity index (χ2v) is 14.2. The lowest BCUT2D eigenvalue weighted by Crippen LogP contribution is -2.41. The Labute approximate surface area is 243 Å². The van der Waals surface area contributed by atoms with Crippen molar-refractivity contribution in [2.75, 3.05) is 31.5 Å². The summed E-state index contributed by atoms with van der Waals surface area (Å²) in [6, 6.07) is 6.52. The fraction of sp³-hybridized carbons (Fsp3) is 0.600. The molecular weight excluding hydrogens is 544 g/mol. The van der Waals surface area contributed by atoms with Gasteiger partial charge in [0, 0.05) is 55.2 Å². The molecule has 1 atom stereocenters. The minimum atomic E-state index is -3.62. The van der Waals surface area contributed by atoms with Crippen molar-refractivity contribution in [3.05, 3.63) is 45.8 Å². The zero-order valence-corrected chi connectivity index (χ0v) is 26.2. The zero-order valence-electron chi connectivity index (χ0n) is 24.5. The van der Waals surface area contributed by atoms with Crippen molar-refractivity contribution in [1.29, 1.82) is 0 Å². The van der Waals surface area contributed by atoms with Gasteiger partial charge in [-0.05, 0) is 82.7 Å². The highest BCUT2D eigenvalue weighted by atomic mass is 32.2. The SMILES string of the molecule is CCCN(CCC)C(=O)c1c(NC(=O)c2ccc(S(=O)(=O)N3CCCCC3C)cc2)sc2c1CCN(C(C)C)C2. The molecule has 0 spiro atoms. The average molecular weight is 589 g/mol. The highest BCUT2D eigenvalue weighted by Gasteiger charge is 2.33. The van der Waals surface area contributed by atoms with Gasteiger partial charge in [-0.1, -0.05) is 20.3 Å². The minimum Gasteiger partial charge on any atom is -0.339 e. The lowest BCUT2D eigenvalue weighted by molar-refractivity contribution is 0.0755. The summed E-state index contributed by atoms with van der Waals surface area (Å²) < 4.78 is 28.0. The number of nitrogens with zero attached hydrogens (tertiary/aromatic N) is 3. The van der Waals surface area contributed by atoms with Crippen LogP contribution in [0.4, 0.5) is 5.00 Å². The zero-order chi connectivity index (χ0) is 29.0. The molecule has 2 amide bonds. The molecule has 1 fully saturated rings. The van der Waals surface area contributed by atoms with Crippen molar-refractivity contribution >= 4 is 38.2 Å². The minimum absolute atomic E-state index is 0.0217. The summed E-state index contributed by atoms with van der Waals surface area (Å²) in [6.07, 6.45) is 5.26. The summed E-state index contributed by atoms with van der Waals surface area (Å²) in [5, 5.41) is 3.62. The number of carbonyl (C=O) groups is 2. The maximum atomic E-state index is 13.8. The van der Waals surface area contributed by atoms with Crippen molar-refractivity contribution in [1.82, 2.24) is 14.1 Å². The van der Waals surface area contributed by atoms with Crippen LogP contribution in [0, 0.1) is 0 Å². The van der Waals surface area contributed by atoms with Gasteiger partial charge in [0.2, 0.25) is 10.0 Å². The quantitative estimate of drug-likeness (QED) is 0.391. The number of fused-ring (bicyclic) bond motifs is 1. The molecule has 1 saturated heterocycles. The number of nitrogens with one attached hydrogen (secondary N) is 1. The summed E-state index contributed by atoms with van der Waals surface area (Å²) in [4.78, 5) is 32.9. The van der Waals surface area contributed by atoms with Crippen LogP contribution in [0.25, 0.3) is 0 Å². The molecule has 8 nitrogen and oxygen atoms in total. The molecule has 0 aliphatic carbocycles. The summed E-state index contributed by atoms with van der Waals surface area (Å²) >= 11 is 1.49. The molecular formula is C30H44N4O4S2.